The summed E-state index contributed by atoms with van der Waals surface area (Å²) in [5, 5.41) is 3.70. The second kappa shape index (κ2) is 7.94. The van der Waals surface area contributed by atoms with Crippen molar-refractivity contribution in [3.05, 3.63) is 0 Å². The highest BCUT2D eigenvalue weighted by Crippen LogP contribution is 2.32. The standard InChI is InChI=1S/C18H36N2O/c1-15(2)10-19-12-18(8-5-9-21-14-18)13-20-11-16(3)6-7-17(20)4/h15-17,19H,5-14H2,1-4H3. The molecule has 2 heterocycles. The van der Waals surface area contributed by atoms with Crippen LogP contribution in [0.15, 0.2) is 0 Å². The molecule has 1 N–H and O–H groups in total. The van der Waals surface area contributed by atoms with Gasteiger partial charge in [0.2, 0.25) is 0 Å². The molecule has 124 valence electrons. The van der Waals surface area contributed by atoms with E-state index in [1.807, 2.05) is 0 Å². The molecule has 2 aliphatic rings. The monoisotopic (exact) mass is 296 g/mol. The average molecular weight is 296 g/mol. The summed E-state index contributed by atoms with van der Waals surface area (Å²) in [5.74, 6) is 1.58. The molecule has 0 radical (unpaired) electrons. The van der Waals surface area contributed by atoms with Crippen LogP contribution in [-0.4, -0.2) is 50.3 Å². The molecule has 0 saturated carbocycles. The third-order valence-corrected chi connectivity index (χ3v) is 5.24. The Balaban J connectivity index is 1.94. The molecule has 0 aromatic carbocycles. The van der Waals surface area contributed by atoms with Gasteiger partial charge < -0.3 is 10.1 Å². The average Bonchev–Trinajstić information content (AvgIpc) is 2.43. The van der Waals surface area contributed by atoms with E-state index in [2.05, 4.69) is 37.9 Å². The summed E-state index contributed by atoms with van der Waals surface area (Å²) in [4.78, 5) is 2.74. The van der Waals surface area contributed by atoms with Gasteiger partial charge in [-0.2, -0.15) is 0 Å². The number of nitrogens with one attached hydrogen (secondary N) is 1. The molecule has 21 heavy (non-hydrogen) atoms. The molecule has 2 aliphatic heterocycles. The fraction of sp³-hybridized carbons (Fsp3) is 1.00. The van der Waals surface area contributed by atoms with Gasteiger partial charge in [-0.1, -0.05) is 20.8 Å². The van der Waals surface area contributed by atoms with Gasteiger partial charge >= 0.3 is 0 Å². The van der Waals surface area contributed by atoms with Crippen molar-refractivity contribution in [2.45, 2.75) is 59.4 Å². The first-order valence-electron chi connectivity index (χ1n) is 9.03. The zero-order chi connectivity index (χ0) is 15.3. The highest BCUT2D eigenvalue weighted by atomic mass is 16.5. The first kappa shape index (κ1) is 17.2. The van der Waals surface area contributed by atoms with Crippen LogP contribution in [0, 0.1) is 17.3 Å². The Morgan fingerprint density at radius 3 is 2.76 bits per heavy atom. The summed E-state index contributed by atoms with van der Waals surface area (Å²) >= 11 is 0. The molecule has 2 saturated heterocycles. The summed E-state index contributed by atoms with van der Waals surface area (Å²) in [6, 6.07) is 0.741. The normalized spacial score (nSPS) is 35.3. The lowest BCUT2D eigenvalue weighted by molar-refractivity contribution is -0.0401. The topological polar surface area (TPSA) is 24.5 Å². The Bertz CT molecular complexity index is 300. The summed E-state index contributed by atoms with van der Waals surface area (Å²) in [7, 11) is 0. The minimum Gasteiger partial charge on any atom is -0.381 e. The van der Waals surface area contributed by atoms with Crippen LogP contribution in [0.5, 0.6) is 0 Å². The van der Waals surface area contributed by atoms with E-state index >= 15 is 0 Å². The van der Waals surface area contributed by atoms with Crippen molar-refractivity contribution in [3.8, 4) is 0 Å². The maximum absolute atomic E-state index is 5.88. The number of likely N-dealkylation sites (tertiary alicyclic amines) is 1. The van der Waals surface area contributed by atoms with Crippen molar-refractivity contribution in [2.24, 2.45) is 17.3 Å². The number of ether oxygens (including phenoxy) is 1. The molecule has 0 bridgehead atoms. The van der Waals surface area contributed by atoms with Crippen LogP contribution < -0.4 is 5.32 Å². The van der Waals surface area contributed by atoms with E-state index in [-0.39, 0.29) is 0 Å². The molecule has 0 aliphatic carbocycles. The Morgan fingerprint density at radius 1 is 1.29 bits per heavy atom. The summed E-state index contributed by atoms with van der Waals surface area (Å²) in [5.41, 5.74) is 0.332. The van der Waals surface area contributed by atoms with Crippen molar-refractivity contribution in [3.63, 3.8) is 0 Å². The van der Waals surface area contributed by atoms with Crippen LogP contribution in [0.25, 0.3) is 0 Å². The lowest BCUT2D eigenvalue weighted by atomic mass is 9.80. The smallest absolute Gasteiger partial charge is 0.0546 e. The summed E-state index contributed by atoms with van der Waals surface area (Å²) in [6.45, 7) is 16.0. The van der Waals surface area contributed by atoms with Gasteiger partial charge in [-0.15, -0.1) is 0 Å². The molecule has 0 aromatic rings. The van der Waals surface area contributed by atoms with Gasteiger partial charge in [0.25, 0.3) is 0 Å². The molecule has 0 spiro atoms. The summed E-state index contributed by atoms with van der Waals surface area (Å²) < 4.78 is 5.88. The van der Waals surface area contributed by atoms with Gasteiger partial charge in [0.05, 0.1) is 6.61 Å². The highest BCUT2D eigenvalue weighted by Gasteiger charge is 2.37. The van der Waals surface area contributed by atoms with E-state index in [9.17, 15) is 0 Å². The fourth-order valence-electron chi connectivity index (χ4n) is 3.89. The lowest BCUT2D eigenvalue weighted by Crippen LogP contribution is -2.53. The maximum Gasteiger partial charge on any atom is 0.0546 e. The Labute approximate surface area is 131 Å². The number of rotatable bonds is 6. The third-order valence-electron chi connectivity index (χ3n) is 5.24. The van der Waals surface area contributed by atoms with Gasteiger partial charge in [0, 0.05) is 37.7 Å². The summed E-state index contributed by atoms with van der Waals surface area (Å²) in [6.07, 6.45) is 5.29. The molecule has 3 heteroatoms. The predicted octanol–water partition coefficient (Wildman–Crippen LogP) is 3.15. The molecular formula is C18H36N2O. The minimum absolute atomic E-state index is 0.332. The van der Waals surface area contributed by atoms with Crippen LogP contribution in [0.3, 0.4) is 0 Å². The number of piperidine rings is 1. The Morgan fingerprint density at radius 2 is 2.10 bits per heavy atom. The van der Waals surface area contributed by atoms with E-state index in [4.69, 9.17) is 4.74 Å². The van der Waals surface area contributed by atoms with Crippen LogP contribution in [0.1, 0.15) is 53.4 Å². The number of nitrogens with zero attached hydrogens (tertiary/aromatic N) is 1. The lowest BCUT2D eigenvalue weighted by Gasteiger charge is -2.45. The Hall–Kier alpha value is -0.120. The molecule has 3 nitrogen and oxygen atoms in total. The van der Waals surface area contributed by atoms with E-state index in [0.29, 0.717) is 5.41 Å². The number of hydrogen-bond acceptors (Lipinski definition) is 3. The molecule has 0 aromatic heterocycles. The molecule has 2 fully saturated rings. The third kappa shape index (κ3) is 5.22. The van der Waals surface area contributed by atoms with E-state index < -0.39 is 0 Å². The van der Waals surface area contributed by atoms with Crippen molar-refractivity contribution >= 4 is 0 Å². The zero-order valence-corrected chi connectivity index (χ0v) is 14.7. The fourth-order valence-corrected chi connectivity index (χ4v) is 3.89. The minimum atomic E-state index is 0.332. The second-order valence-electron chi connectivity index (χ2n) is 8.14. The largest absolute Gasteiger partial charge is 0.381 e. The first-order chi connectivity index (χ1) is 10.0. The first-order valence-corrected chi connectivity index (χ1v) is 9.03. The van der Waals surface area contributed by atoms with Gasteiger partial charge in [-0.25, -0.2) is 0 Å². The molecule has 3 atom stereocenters. The highest BCUT2D eigenvalue weighted by molar-refractivity contribution is 4.90. The molecule has 2 rings (SSSR count). The van der Waals surface area contributed by atoms with E-state index in [1.54, 1.807) is 0 Å². The maximum atomic E-state index is 5.88. The van der Waals surface area contributed by atoms with Gasteiger partial charge in [-0.3, -0.25) is 4.90 Å². The predicted molar refractivity (Wildman–Crippen MR) is 89.6 cm³/mol. The molecule has 0 amide bonds. The van der Waals surface area contributed by atoms with E-state index in [0.717, 1.165) is 44.2 Å². The second-order valence-corrected chi connectivity index (χ2v) is 8.14. The zero-order valence-electron chi connectivity index (χ0n) is 14.7. The molecular weight excluding hydrogens is 260 g/mol. The SMILES string of the molecule is CC(C)CNCC1(CN2CC(C)CCC2C)CCCOC1. The Kier molecular flexibility index (Phi) is 6.51. The van der Waals surface area contributed by atoms with Crippen molar-refractivity contribution in [1.82, 2.24) is 10.2 Å². The van der Waals surface area contributed by atoms with Crippen molar-refractivity contribution in [1.29, 1.82) is 0 Å². The van der Waals surface area contributed by atoms with Crippen molar-refractivity contribution < 1.29 is 4.74 Å². The van der Waals surface area contributed by atoms with Crippen LogP contribution in [0.2, 0.25) is 0 Å². The molecule has 3 unspecified atom stereocenters. The van der Waals surface area contributed by atoms with Gasteiger partial charge in [-0.05, 0) is 51.0 Å². The van der Waals surface area contributed by atoms with E-state index in [1.165, 1.54) is 38.8 Å². The van der Waals surface area contributed by atoms with Crippen LogP contribution in [0.4, 0.5) is 0 Å². The van der Waals surface area contributed by atoms with Gasteiger partial charge in [0.15, 0.2) is 0 Å². The van der Waals surface area contributed by atoms with Crippen LogP contribution >= 0.6 is 0 Å². The quantitative estimate of drug-likeness (QED) is 0.815. The van der Waals surface area contributed by atoms with Gasteiger partial charge in [0.1, 0.15) is 0 Å². The van der Waals surface area contributed by atoms with Crippen molar-refractivity contribution in [2.75, 3.05) is 39.4 Å². The number of hydrogen-bond donors (Lipinski definition) is 1. The van der Waals surface area contributed by atoms with Crippen LogP contribution in [-0.2, 0) is 4.74 Å².